The number of rotatable bonds is 5. The van der Waals surface area contributed by atoms with E-state index in [9.17, 15) is 14.4 Å². The van der Waals surface area contributed by atoms with Gasteiger partial charge in [0.2, 0.25) is 5.95 Å². The molecule has 12 nitrogen and oxygen atoms in total. The fraction of sp³-hybridized carbons (Fsp3) is 0.583. The molecule has 1 amide bonds. The second-order valence-corrected chi connectivity index (χ2v) is 14.8. The Bertz CT molecular complexity index is 1790. The molecule has 0 unspecified atom stereocenters. The van der Waals surface area contributed by atoms with Gasteiger partial charge in [-0.2, -0.15) is 4.98 Å². The van der Waals surface area contributed by atoms with Crippen molar-refractivity contribution in [2.24, 2.45) is 0 Å². The number of fused-ring (bicyclic) bond motifs is 4. The fourth-order valence-electron chi connectivity index (χ4n) is 7.98. The van der Waals surface area contributed by atoms with Crippen LogP contribution in [0.15, 0.2) is 29.2 Å². The van der Waals surface area contributed by atoms with Gasteiger partial charge in [-0.1, -0.05) is 12.8 Å². The van der Waals surface area contributed by atoms with Gasteiger partial charge in [-0.25, -0.2) is 9.78 Å². The fourth-order valence-corrected chi connectivity index (χ4v) is 7.98. The Kier molecular flexibility index (Phi) is 8.55. The normalized spacial score (nSPS) is 20.7. The number of nitrogens with one attached hydrogen (secondary N) is 1. The second-order valence-electron chi connectivity index (χ2n) is 14.8. The van der Waals surface area contributed by atoms with Crippen molar-refractivity contribution in [3.8, 4) is 5.75 Å². The van der Waals surface area contributed by atoms with Crippen LogP contribution in [-0.2, 0) is 4.74 Å². The highest BCUT2D eigenvalue weighted by atomic mass is 16.6. The van der Waals surface area contributed by atoms with Gasteiger partial charge in [0.15, 0.2) is 5.78 Å². The second kappa shape index (κ2) is 12.7. The van der Waals surface area contributed by atoms with E-state index in [1.54, 1.807) is 10.8 Å². The number of ketones is 1. The molecule has 12 heteroatoms. The molecule has 3 fully saturated rings. The number of carbonyl (C=O) groups is 2. The number of benzene rings is 1. The van der Waals surface area contributed by atoms with Crippen molar-refractivity contribution in [1.29, 1.82) is 0 Å². The zero-order valence-corrected chi connectivity index (χ0v) is 28.8. The summed E-state index contributed by atoms with van der Waals surface area (Å²) in [4.78, 5) is 55.0. The van der Waals surface area contributed by atoms with E-state index >= 15 is 0 Å². The first-order chi connectivity index (χ1) is 23.0. The Morgan fingerprint density at radius 1 is 1.00 bits per heavy atom. The predicted octanol–water partition coefficient (Wildman–Crippen LogP) is 5.44. The molecule has 256 valence electrons. The van der Waals surface area contributed by atoms with Crippen LogP contribution in [0.4, 0.5) is 22.1 Å². The van der Waals surface area contributed by atoms with Crippen molar-refractivity contribution in [3.05, 3.63) is 45.9 Å². The summed E-state index contributed by atoms with van der Waals surface area (Å²) in [7, 11) is 0. The van der Waals surface area contributed by atoms with Crippen LogP contribution >= 0.6 is 0 Å². The number of Topliss-reactive ketones (excluding diaryl/α,β-unsaturated/α-hetero) is 1. The van der Waals surface area contributed by atoms with Crippen LogP contribution in [0.5, 0.6) is 5.75 Å². The molecule has 3 aromatic rings. The number of amides is 1. The molecule has 4 aliphatic rings. The van der Waals surface area contributed by atoms with Crippen molar-refractivity contribution in [2.45, 2.75) is 96.9 Å². The monoisotopic (exact) mass is 657 g/mol. The number of aromatic nitrogens is 3. The summed E-state index contributed by atoms with van der Waals surface area (Å²) in [6.45, 7) is 13.8. The van der Waals surface area contributed by atoms with Crippen molar-refractivity contribution in [2.75, 3.05) is 49.5 Å². The van der Waals surface area contributed by atoms with Gasteiger partial charge >= 0.3 is 6.09 Å². The lowest BCUT2D eigenvalue weighted by molar-refractivity contribution is 0.0123. The van der Waals surface area contributed by atoms with Gasteiger partial charge in [0.05, 0.1) is 17.3 Å². The summed E-state index contributed by atoms with van der Waals surface area (Å²) in [6.07, 6.45) is 7.28. The van der Waals surface area contributed by atoms with Crippen LogP contribution in [0, 0.1) is 6.92 Å². The number of ether oxygens (including phenoxy) is 2. The predicted molar refractivity (Wildman–Crippen MR) is 185 cm³/mol. The van der Waals surface area contributed by atoms with Gasteiger partial charge in [0.1, 0.15) is 23.6 Å². The average Bonchev–Trinajstić information content (AvgIpc) is 3.58. The lowest BCUT2D eigenvalue weighted by Crippen LogP contribution is -2.60. The Hall–Kier alpha value is -4.19. The molecule has 0 spiro atoms. The Labute approximate surface area is 281 Å². The highest BCUT2D eigenvalue weighted by Crippen LogP contribution is 2.39. The number of carbonyl (C=O) groups excluding carboxylic acids is 2. The minimum Gasteiger partial charge on any atom is -0.489 e. The van der Waals surface area contributed by atoms with Gasteiger partial charge in [-0.15, -0.1) is 0 Å². The zero-order chi connectivity index (χ0) is 33.7. The van der Waals surface area contributed by atoms with Crippen molar-refractivity contribution >= 4 is 40.2 Å². The summed E-state index contributed by atoms with van der Waals surface area (Å²) in [5.41, 5.74) is 2.57. The Morgan fingerprint density at radius 2 is 1.75 bits per heavy atom. The van der Waals surface area contributed by atoms with E-state index in [1.165, 1.54) is 6.92 Å². The minimum atomic E-state index is -0.487. The van der Waals surface area contributed by atoms with Crippen molar-refractivity contribution < 1.29 is 19.1 Å². The largest absolute Gasteiger partial charge is 0.489 e. The van der Waals surface area contributed by atoms with Gasteiger partial charge in [-0.05, 0) is 84.1 Å². The number of hydrogen-bond donors (Lipinski definition) is 1. The summed E-state index contributed by atoms with van der Waals surface area (Å²) >= 11 is 0. The number of nitrogens with zero attached hydrogens (tertiary/aromatic N) is 6. The highest BCUT2D eigenvalue weighted by molar-refractivity contribution is 5.99. The number of hydrogen-bond acceptors (Lipinski definition) is 10. The number of piperidine rings is 1. The molecule has 1 saturated carbocycles. The van der Waals surface area contributed by atoms with E-state index < -0.39 is 5.60 Å². The minimum absolute atomic E-state index is 0.0236. The zero-order valence-electron chi connectivity index (χ0n) is 28.8. The molecule has 1 N–H and O–H groups in total. The molecular formula is C36H47N7O5. The molecule has 2 saturated heterocycles. The molecule has 3 aliphatic heterocycles. The maximum Gasteiger partial charge on any atom is 0.410 e. The summed E-state index contributed by atoms with van der Waals surface area (Å²) in [5, 5.41) is 4.11. The van der Waals surface area contributed by atoms with E-state index in [-0.39, 0.29) is 35.1 Å². The first-order valence-electron chi connectivity index (χ1n) is 17.4. The van der Waals surface area contributed by atoms with E-state index in [4.69, 9.17) is 14.5 Å². The third-order valence-electron chi connectivity index (χ3n) is 10.4. The molecule has 7 rings (SSSR count). The first kappa shape index (κ1) is 32.4. The third kappa shape index (κ3) is 6.22. The molecule has 1 aliphatic carbocycles. The van der Waals surface area contributed by atoms with Crippen LogP contribution in [-0.4, -0.2) is 93.2 Å². The number of aryl methyl sites for hydroxylation is 1. The highest BCUT2D eigenvalue weighted by Gasteiger charge is 2.37. The van der Waals surface area contributed by atoms with Gasteiger partial charge in [-0.3, -0.25) is 19.1 Å². The summed E-state index contributed by atoms with van der Waals surface area (Å²) in [6, 6.07) is 6.73. The van der Waals surface area contributed by atoms with E-state index in [2.05, 4.69) is 26.2 Å². The molecule has 0 radical (unpaired) electrons. The van der Waals surface area contributed by atoms with Gasteiger partial charge in [0.25, 0.3) is 5.56 Å². The molecule has 0 bridgehead atoms. The van der Waals surface area contributed by atoms with Crippen molar-refractivity contribution in [3.63, 3.8) is 0 Å². The lowest BCUT2D eigenvalue weighted by atomic mass is 10.00. The molecular weight excluding hydrogens is 610 g/mol. The van der Waals surface area contributed by atoms with Crippen LogP contribution in [0.2, 0.25) is 0 Å². The molecule has 48 heavy (non-hydrogen) atoms. The number of anilines is 3. The summed E-state index contributed by atoms with van der Waals surface area (Å²) in [5.74, 6) is 1.03. The Morgan fingerprint density at radius 3 is 2.46 bits per heavy atom. The summed E-state index contributed by atoms with van der Waals surface area (Å²) < 4.78 is 13.6. The van der Waals surface area contributed by atoms with E-state index in [1.807, 2.05) is 44.7 Å². The molecule has 1 aromatic carbocycles. The average molecular weight is 658 g/mol. The van der Waals surface area contributed by atoms with Crippen LogP contribution in [0.3, 0.4) is 0 Å². The number of piperazine rings is 1. The smallest absolute Gasteiger partial charge is 0.410 e. The van der Waals surface area contributed by atoms with Crippen LogP contribution < -0.4 is 20.5 Å². The third-order valence-corrected chi connectivity index (χ3v) is 10.4. The topological polar surface area (TPSA) is 122 Å². The molecule has 5 heterocycles. The molecule has 2 aromatic heterocycles. The number of likely N-dealkylation sites (tertiary alicyclic amines) is 1. The van der Waals surface area contributed by atoms with Crippen LogP contribution in [0.25, 0.3) is 11.0 Å². The van der Waals surface area contributed by atoms with E-state index in [0.29, 0.717) is 42.9 Å². The SMILES string of the molecule is CC(=O)c1c(C)c2cnc(Nc3ccc4c(c3)N3CCN(C5CCN(C(=O)OC(C)(C)C)CC5)C[C@H]3CO4)nc2n(C2CCCC2)c1=O. The van der Waals surface area contributed by atoms with Gasteiger partial charge < -0.3 is 24.6 Å². The first-order valence-corrected chi connectivity index (χ1v) is 17.4. The lowest BCUT2D eigenvalue weighted by Gasteiger charge is -2.49. The standard InChI is InChI=1S/C36H47N7O5/c1-22-28-19-37-34(39-32(28)43(26-8-6-7-9-26)33(45)31(22)23(2)44)38-24-10-11-30-29(18-24)42-17-16-41(20-27(42)21-47-30)25-12-14-40(15-13-25)35(46)48-36(3,4)5/h10-11,18-19,25-27H,6-9,12-17,20-21H2,1-5H3,(H,37,38,39)/t27-/m0/s1. The van der Waals surface area contributed by atoms with Crippen LogP contribution in [0.1, 0.15) is 88.2 Å². The van der Waals surface area contributed by atoms with E-state index in [0.717, 1.165) is 80.7 Å². The maximum absolute atomic E-state index is 13.6. The van der Waals surface area contributed by atoms with Gasteiger partial charge in [0, 0.05) is 62.1 Å². The molecule has 1 atom stereocenters. The Balaban J connectivity index is 1.07. The number of pyridine rings is 1. The maximum atomic E-state index is 13.6. The quantitative estimate of drug-likeness (QED) is 0.355. The van der Waals surface area contributed by atoms with Crippen molar-refractivity contribution in [1.82, 2.24) is 24.3 Å².